The van der Waals surface area contributed by atoms with E-state index >= 15 is 0 Å². The number of nitrogens with zero attached hydrogens (tertiary/aromatic N) is 3. The van der Waals surface area contributed by atoms with Crippen molar-refractivity contribution < 1.29 is 0 Å². The van der Waals surface area contributed by atoms with E-state index in [2.05, 4.69) is 29.3 Å². The van der Waals surface area contributed by atoms with Crippen LogP contribution in [0.5, 0.6) is 0 Å². The zero-order chi connectivity index (χ0) is 13.3. The number of piperidine rings is 1. The summed E-state index contributed by atoms with van der Waals surface area (Å²) in [5.74, 6) is 0. The predicted octanol–water partition coefficient (Wildman–Crippen LogP) is 1.96. The lowest BCUT2D eigenvalue weighted by molar-refractivity contribution is 0.144. The molecule has 1 aliphatic heterocycles. The number of hydrogen-bond acceptors (Lipinski definition) is 3. The predicted molar refractivity (Wildman–Crippen MR) is 74.9 cm³/mol. The van der Waals surface area contributed by atoms with Crippen molar-refractivity contribution in [3.8, 4) is 0 Å². The molecular weight excluding hydrogens is 248 g/mol. The topological polar surface area (TPSA) is 33.1 Å². The van der Waals surface area contributed by atoms with E-state index in [1.54, 1.807) is 0 Å². The van der Waals surface area contributed by atoms with Crippen molar-refractivity contribution in [3.05, 3.63) is 16.4 Å². The molecular formula is C13H23ClN4. The second kappa shape index (κ2) is 5.19. The number of aryl methyl sites for hydroxylation is 2. The fourth-order valence-electron chi connectivity index (χ4n) is 2.52. The number of likely N-dealkylation sites (tertiary alicyclic amines) is 1. The van der Waals surface area contributed by atoms with Crippen molar-refractivity contribution in [2.45, 2.75) is 38.8 Å². The summed E-state index contributed by atoms with van der Waals surface area (Å²) in [6.07, 6.45) is 2.36. The highest BCUT2D eigenvalue weighted by atomic mass is 35.5. The molecule has 0 bridgehead atoms. The zero-order valence-corrected chi connectivity index (χ0v) is 12.5. The normalized spacial score (nSPS) is 20.3. The third-order valence-corrected chi connectivity index (χ3v) is 4.69. The fraction of sp³-hybridized carbons (Fsp3) is 0.769. The Morgan fingerprint density at radius 1 is 1.39 bits per heavy atom. The summed E-state index contributed by atoms with van der Waals surface area (Å²) in [5, 5.41) is 8.61. The van der Waals surface area contributed by atoms with Crippen LogP contribution in [-0.2, 0) is 13.6 Å². The van der Waals surface area contributed by atoms with Crippen LogP contribution in [0, 0.1) is 6.92 Å². The third-order valence-electron chi connectivity index (χ3n) is 4.20. The number of hydrogen-bond donors (Lipinski definition) is 1. The van der Waals surface area contributed by atoms with Gasteiger partial charge in [0.15, 0.2) is 0 Å². The zero-order valence-electron chi connectivity index (χ0n) is 11.8. The molecule has 0 spiro atoms. The van der Waals surface area contributed by atoms with Crippen LogP contribution in [0.2, 0.25) is 5.02 Å². The highest BCUT2D eigenvalue weighted by molar-refractivity contribution is 6.31. The van der Waals surface area contributed by atoms with Crippen molar-refractivity contribution in [1.82, 2.24) is 20.0 Å². The molecule has 0 atom stereocenters. The molecule has 0 aliphatic carbocycles. The maximum absolute atomic E-state index is 6.29. The molecule has 1 fully saturated rings. The smallest absolute Gasteiger partial charge is 0.0860 e. The Balaban J connectivity index is 2.00. The molecule has 5 heteroatoms. The van der Waals surface area contributed by atoms with Gasteiger partial charge in [0.05, 0.1) is 16.4 Å². The number of nitrogens with one attached hydrogen (secondary N) is 1. The first-order valence-corrected chi connectivity index (χ1v) is 6.92. The first-order valence-electron chi connectivity index (χ1n) is 6.54. The van der Waals surface area contributed by atoms with E-state index in [1.807, 2.05) is 18.7 Å². The Morgan fingerprint density at radius 2 is 2.00 bits per heavy atom. The Hall–Kier alpha value is -0.580. The van der Waals surface area contributed by atoms with Crippen LogP contribution in [0.3, 0.4) is 0 Å². The van der Waals surface area contributed by atoms with Crippen LogP contribution >= 0.6 is 11.6 Å². The molecule has 18 heavy (non-hydrogen) atoms. The van der Waals surface area contributed by atoms with Crippen molar-refractivity contribution in [1.29, 1.82) is 0 Å². The van der Waals surface area contributed by atoms with Gasteiger partial charge in [0.25, 0.3) is 0 Å². The quantitative estimate of drug-likeness (QED) is 0.912. The van der Waals surface area contributed by atoms with Crippen molar-refractivity contribution in [2.24, 2.45) is 7.05 Å². The van der Waals surface area contributed by atoms with Crippen molar-refractivity contribution in [3.63, 3.8) is 0 Å². The first-order chi connectivity index (χ1) is 8.45. The second-order valence-corrected chi connectivity index (χ2v) is 5.93. The van der Waals surface area contributed by atoms with Gasteiger partial charge in [-0.1, -0.05) is 11.6 Å². The lowest BCUT2D eigenvalue weighted by atomic mass is 9.90. The first kappa shape index (κ1) is 13.8. The van der Waals surface area contributed by atoms with Gasteiger partial charge in [0, 0.05) is 32.2 Å². The van der Waals surface area contributed by atoms with E-state index in [0.29, 0.717) is 5.54 Å². The maximum Gasteiger partial charge on any atom is 0.0860 e. The number of halogens is 1. The van der Waals surface area contributed by atoms with Crippen LogP contribution in [0.1, 0.15) is 31.2 Å². The molecule has 1 aliphatic rings. The van der Waals surface area contributed by atoms with Gasteiger partial charge in [-0.15, -0.1) is 0 Å². The summed E-state index contributed by atoms with van der Waals surface area (Å²) in [4.78, 5) is 2.46. The average molecular weight is 271 g/mol. The van der Waals surface area contributed by atoms with E-state index in [0.717, 1.165) is 36.0 Å². The molecule has 4 nitrogen and oxygen atoms in total. The van der Waals surface area contributed by atoms with Gasteiger partial charge in [-0.3, -0.25) is 9.58 Å². The molecule has 2 heterocycles. The highest BCUT2D eigenvalue weighted by Gasteiger charge is 2.28. The minimum Gasteiger partial charge on any atom is -0.314 e. The maximum atomic E-state index is 6.29. The monoisotopic (exact) mass is 270 g/mol. The van der Waals surface area contributed by atoms with E-state index < -0.39 is 0 Å². The molecule has 0 unspecified atom stereocenters. The Bertz CT molecular complexity index is 419. The summed E-state index contributed by atoms with van der Waals surface area (Å²) < 4.78 is 1.91. The molecule has 2 rings (SSSR count). The van der Waals surface area contributed by atoms with Crippen LogP contribution < -0.4 is 5.32 Å². The van der Waals surface area contributed by atoms with E-state index in [1.165, 1.54) is 12.8 Å². The standard InChI is InChI=1S/C13H23ClN4/c1-10-12(14)11(17(4)16-10)9-18-7-5-13(2,15-3)6-8-18/h15H,5-9H2,1-4H3. The molecule has 102 valence electrons. The van der Waals surface area contributed by atoms with Gasteiger partial charge < -0.3 is 5.32 Å². The SMILES string of the molecule is CNC1(C)CCN(Cc2c(Cl)c(C)nn2C)CC1. The molecule has 1 saturated heterocycles. The molecule has 0 aromatic carbocycles. The largest absolute Gasteiger partial charge is 0.314 e. The number of rotatable bonds is 3. The summed E-state index contributed by atoms with van der Waals surface area (Å²) in [6.45, 7) is 7.37. The second-order valence-electron chi connectivity index (χ2n) is 5.56. The van der Waals surface area contributed by atoms with E-state index in [-0.39, 0.29) is 0 Å². The lowest BCUT2D eigenvalue weighted by Gasteiger charge is -2.39. The minimum atomic E-state index is 0.294. The Morgan fingerprint density at radius 3 is 2.44 bits per heavy atom. The summed E-state index contributed by atoms with van der Waals surface area (Å²) >= 11 is 6.29. The van der Waals surface area contributed by atoms with E-state index in [9.17, 15) is 0 Å². The van der Waals surface area contributed by atoms with Gasteiger partial charge >= 0.3 is 0 Å². The summed E-state index contributed by atoms with van der Waals surface area (Å²) in [7, 11) is 4.02. The van der Waals surface area contributed by atoms with Crippen molar-refractivity contribution in [2.75, 3.05) is 20.1 Å². The lowest BCUT2D eigenvalue weighted by Crippen LogP contribution is -2.49. The van der Waals surface area contributed by atoms with Gasteiger partial charge in [-0.05, 0) is 33.7 Å². The van der Waals surface area contributed by atoms with Gasteiger partial charge in [0.1, 0.15) is 0 Å². The third kappa shape index (κ3) is 2.71. The average Bonchev–Trinajstić information content (AvgIpc) is 2.59. The minimum absolute atomic E-state index is 0.294. The molecule has 1 aromatic rings. The van der Waals surface area contributed by atoms with Crippen LogP contribution in [0.25, 0.3) is 0 Å². The van der Waals surface area contributed by atoms with E-state index in [4.69, 9.17) is 11.6 Å². The van der Waals surface area contributed by atoms with Gasteiger partial charge in [-0.25, -0.2) is 0 Å². The van der Waals surface area contributed by atoms with Gasteiger partial charge in [0.2, 0.25) is 0 Å². The summed E-state index contributed by atoms with van der Waals surface area (Å²) in [6, 6.07) is 0. The molecule has 0 amide bonds. The van der Waals surface area contributed by atoms with Crippen LogP contribution in [0.4, 0.5) is 0 Å². The van der Waals surface area contributed by atoms with Crippen LogP contribution in [0.15, 0.2) is 0 Å². The summed E-state index contributed by atoms with van der Waals surface area (Å²) in [5.41, 5.74) is 2.34. The Kier molecular flexibility index (Phi) is 3.99. The Labute approximate surface area is 114 Å². The van der Waals surface area contributed by atoms with Crippen molar-refractivity contribution >= 4 is 11.6 Å². The molecule has 0 radical (unpaired) electrons. The number of aromatic nitrogens is 2. The fourth-order valence-corrected chi connectivity index (χ4v) is 2.74. The highest BCUT2D eigenvalue weighted by Crippen LogP contribution is 2.25. The van der Waals surface area contributed by atoms with Gasteiger partial charge in [-0.2, -0.15) is 5.10 Å². The van der Waals surface area contributed by atoms with Crippen LogP contribution in [-0.4, -0.2) is 40.4 Å². The molecule has 1 aromatic heterocycles. The molecule has 1 N–H and O–H groups in total. The molecule has 0 saturated carbocycles.